The van der Waals surface area contributed by atoms with Crippen molar-refractivity contribution in [3.63, 3.8) is 0 Å². The average Bonchev–Trinajstić information content (AvgIpc) is 2.63. The summed E-state index contributed by atoms with van der Waals surface area (Å²) in [7, 11) is 0. The fourth-order valence-electron chi connectivity index (χ4n) is 3.10. The van der Waals surface area contributed by atoms with Gasteiger partial charge in [0.15, 0.2) is 5.78 Å². The van der Waals surface area contributed by atoms with Crippen molar-refractivity contribution in [1.82, 2.24) is 10.6 Å². The van der Waals surface area contributed by atoms with Crippen LogP contribution in [0.1, 0.15) is 22.0 Å². The van der Waals surface area contributed by atoms with Crippen molar-refractivity contribution < 1.29 is 27.9 Å². The van der Waals surface area contributed by atoms with Gasteiger partial charge >= 0.3 is 12.2 Å². The lowest BCUT2D eigenvalue weighted by atomic mass is 9.77. The molecule has 1 fully saturated rings. The van der Waals surface area contributed by atoms with Gasteiger partial charge in [-0.3, -0.25) is 4.79 Å². The van der Waals surface area contributed by atoms with E-state index in [1.807, 2.05) is 0 Å². The van der Waals surface area contributed by atoms with E-state index in [2.05, 4.69) is 5.32 Å². The van der Waals surface area contributed by atoms with Gasteiger partial charge in [-0.05, 0) is 17.7 Å². The van der Waals surface area contributed by atoms with Crippen molar-refractivity contribution in [3.8, 4) is 0 Å². The number of halogens is 5. The topological polar surface area (TPSA) is 78.4 Å². The molecule has 0 saturated carbocycles. The van der Waals surface area contributed by atoms with Crippen LogP contribution in [0.15, 0.2) is 48.5 Å². The third-order valence-corrected chi connectivity index (χ3v) is 5.19. The molecule has 0 spiro atoms. The Balaban J connectivity index is 2.18. The number of rotatable bonds is 3. The first-order valence-electron chi connectivity index (χ1n) is 7.96. The van der Waals surface area contributed by atoms with Gasteiger partial charge in [-0.2, -0.15) is 13.2 Å². The van der Waals surface area contributed by atoms with E-state index in [0.29, 0.717) is 0 Å². The zero-order valence-electron chi connectivity index (χ0n) is 13.9. The van der Waals surface area contributed by atoms with Crippen molar-refractivity contribution in [3.05, 3.63) is 69.7 Å². The molecule has 28 heavy (non-hydrogen) atoms. The standard InChI is InChI=1S/C18H13Cl2F3N2O3/c19-11-7-6-10(8-12(11)20)14-13(15(26)9-4-2-1-3-5-9)17(28,18(21,22)23)25-16(27)24-14/h1-8,13-14,28H,(H2,24,25,27). The van der Waals surface area contributed by atoms with Gasteiger partial charge in [0, 0.05) is 5.56 Å². The number of hydrogen-bond acceptors (Lipinski definition) is 3. The number of hydrogen-bond donors (Lipinski definition) is 3. The highest BCUT2D eigenvalue weighted by Gasteiger charge is 2.66. The highest BCUT2D eigenvalue weighted by Crippen LogP contribution is 2.44. The molecule has 0 bridgehead atoms. The molecule has 3 atom stereocenters. The second-order valence-electron chi connectivity index (χ2n) is 6.22. The van der Waals surface area contributed by atoms with Gasteiger partial charge in [-0.15, -0.1) is 0 Å². The highest BCUT2D eigenvalue weighted by molar-refractivity contribution is 6.42. The molecule has 1 heterocycles. The lowest BCUT2D eigenvalue weighted by Gasteiger charge is -2.45. The number of carbonyl (C=O) groups is 2. The van der Waals surface area contributed by atoms with E-state index in [0.717, 1.165) is 0 Å². The zero-order valence-corrected chi connectivity index (χ0v) is 15.4. The normalized spacial score (nSPS) is 25.0. The molecule has 148 valence electrons. The smallest absolute Gasteiger partial charge is 0.363 e. The van der Waals surface area contributed by atoms with E-state index in [9.17, 15) is 27.9 Å². The summed E-state index contributed by atoms with van der Waals surface area (Å²) in [6.07, 6.45) is -5.33. The Morgan fingerprint density at radius 1 is 1.07 bits per heavy atom. The number of Topliss-reactive ketones (excluding diaryl/α,β-unsaturated/α-hetero) is 1. The first-order chi connectivity index (χ1) is 13.0. The molecule has 2 aromatic rings. The SMILES string of the molecule is O=C1NC(c2ccc(Cl)c(Cl)c2)C(C(=O)c2ccccc2)C(O)(C(F)(F)F)N1. The van der Waals surface area contributed by atoms with Crippen LogP contribution >= 0.6 is 23.2 Å². The molecule has 2 amide bonds. The summed E-state index contributed by atoms with van der Waals surface area (Å²) < 4.78 is 41.3. The molecule has 3 rings (SSSR count). The second-order valence-corrected chi connectivity index (χ2v) is 7.04. The molecule has 3 unspecified atom stereocenters. The molecule has 1 aliphatic heterocycles. The Morgan fingerprint density at radius 2 is 1.71 bits per heavy atom. The van der Waals surface area contributed by atoms with Crippen LogP contribution in [0.5, 0.6) is 0 Å². The van der Waals surface area contributed by atoms with Gasteiger partial charge in [0.05, 0.1) is 16.1 Å². The molecule has 1 saturated heterocycles. The van der Waals surface area contributed by atoms with Crippen LogP contribution in [0.2, 0.25) is 10.0 Å². The van der Waals surface area contributed by atoms with Crippen LogP contribution in [0, 0.1) is 5.92 Å². The van der Waals surface area contributed by atoms with Crippen LogP contribution in [-0.2, 0) is 0 Å². The summed E-state index contributed by atoms with van der Waals surface area (Å²) in [5.74, 6) is -3.13. The van der Waals surface area contributed by atoms with Crippen molar-refractivity contribution >= 4 is 35.0 Å². The molecule has 1 aliphatic rings. The van der Waals surface area contributed by atoms with E-state index >= 15 is 0 Å². The maximum Gasteiger partial charge on any atom is 0.437 e. The fourth-order valence-corrected chi connectivity index (χ4v) is 3.41. The van der Waals surface area contributed by atoms with Crippen molar-refractivity contribution in [2.24, 2.45) is 5.92 Å². The summed E-state index contributed by atoms with van der Waals surface area (Å²) in [4.78, 5) is 24.9. The van der Waals surface area contributed by atoms with Crippen molar-refractivity contribution in [2.75, 3.05) is 0 Å². The third-order valence-electron chi connectivity index (χ3n) is 4.45. The number of alkyl halides is 3. The molecule has 2 aromatic carbocycles. The van der Waals surface area contributed by atoms with Gasteiger partial charge in [0.25, 0.3) is 0 Å². The number of nitrogens with one attached hydrogen (secondary N) is 2. The molecule has 0 aliphatic carbocycles. The molecule has 3 N–H and O–H groups in total. The first kappa shape index (κ1) is 20.4. The van der Waals surface area contributed by atoms with Gasteiger partial charge < -0.3 is 15.7 Å². The number of benzene rings is 2. The first-order valence-corrected chi connectivity index (χ1v) is 8.72. The van der Waals surface area contributed by atoms with Crippen LogP contribution < -0.4 is 10.6 Å². The van der Waals surface area contributed by atoms with E-state index in [1.54, 1.807) is 6.07 Å². The van der Waals surface area contributed by atoms with Gasteiger partial charge in [-0.25, -0.2) is 4.79 Å². The number of aliphatic hydroxyl groups is 1. The Morgan fingerprint density at radius 3 is 2.29 bits per heavy atom. The number of urea groups is 1. The number of amides is 2. The van der Waals surface area contributed by atoms with Crippen LogP contribution in [0.4, 0.5) is 18.0 Å². The van der Waals surface area contributed by atoms with Crippen molar-refractivity contribution in [1.29, 1.82) is 0 Å². The molecular weight excluding hydrogens is 420 g/mol. The maximum atomic E-state index is 13.8. The minimum Gasteiger partial charge on any atom is -0.363 e. The molecule has 0 radical (unpaired) electrons. The zero-order chi connectivity index (χ0) is 20.7. The fraction of sp³-hybridized carbons (Fsp3) is 0.222. The Labute approximate surface area is 167 Å². The summed E-state index contributed by atoms with van der Waals surface area (Å²) in [5, 5.41) is 14.3. The Kier molecular flexibility index (Phi) is 5.31. The number of ketones is 1. The highest BCUT2D eigenvalue weighted by atomic mass is 35.5. The van der Waals surface area contributed by atoms with E-state index in [-0.39, 0.29) is 21.2 Å². The Hall–Kier alpha value is -2.29. The van der Waals surface area contributed by atoms with E-state index in [1.165, 1.54) is 47.8 Å². The summed E-state index contributed by atoms with van der Waals surface area (Å²) in [6.45, 7) is 0. The second kappa shape index (κ2) is 7.27. The molecule has 10 heteroatoms. The lowest BCUT2D eigenvalue weighted by molar-refractivity contribution is -0.287. The Bertz CT molecular complexity index is 924. The minimum atomic E-state index is -5.33. The van der Waals surface area contributed by atoms with Crippen LogP contribution in [0.3, 0.4) is 0 Å². The maximum absolute atomic E-state index is 13.8. The van der Waals surface area contributed by atoms with Crippen LogP contribution in [-0.4, -0.2) is 28.8 Å². The summed E-state index contributed by atoms with van der Waals surface area (Å²) in [6, 6.07) is 8.27. The quantitative estimate of drug-likeness (QED) is 0.638. The largest absolute Gasteiger partial charge is 0.437 e. The summed E-state index contributed by atoms with van der Waals surface area (Å²) in [5.41, 5.74) is -3.77. The number of carbonyl (C=O) groups excluding carboxylic acids is 2. The van der Waals surface area contributed by atoms with E-state index < -0.39 is 35.7 Å². The predicted molar refractivity (Wildman–Crippen MR) is 96.1 cm³/mol. The van der Waals surface area contributed by atoms with Crippen molar-refractivity contribution in [2.45, 2.75) is 17.9 Å². The minimum absolute atomic E-state index is 0.0217. The molecule has 5 nitrogen and oxygen atoms in total. The monoisotopic (exact) mass is 432 g/mol. The molecule has 0 aromatic heterocycles. The van der Waals surface area contributed by atoms with Crippen LogP contribution in [0.25, 0.3) is 0 Å². The lowest BCUT2D eigenvalue weighted by Crippen LogP contribution is -2.72. The molecular formula is C18H13Cl2F3N2O3. The van der Waals surface area contributed by atoms with Gasteiger partial charge in [0.1, 0.15) is 5.92 Å². The van der Waals surface area contributed by atoms with Gasteiger partial charge in [-0.1, -0.05) is 59.6 Å². The van der Waals surface area contributed by atoms with E-state index in [4.69, 9.17) is 23.2 Å². The van der Waals surface area contributed by atoms with Gasteiger partial charge in [0.2, 0.25) is 5.72 Å². The third kappa shape index (κ3) is 3.55. The summed E-state index contributed by atoms with van der Waals surface area (Å²) >= 11 is 11.8. The average molecular weight is 433 g/mol. The predicted octanol–water partition coefficient (Wildman–Crippen LogP) is 4.10.